The predicted octanol–water partition coefficient (Wildman–Crippen LogP) is 3.37. The number of urea groups is 1. The molecule has 138 valence electrons. The number of hydrogen-bond acceptors (Lipinski definition) is 4. The van der Waals surface area contributed by atoms with Gasteiger partial charge in [-0.1, -0.05) is 32.0 Å². The molecule has 0 radical (unpaired) electrons. The smallest absolute Gasteiger partial charge is 0.323 e. The maximum absolute atomic E-state index is 12.8. The van der Waals surface area contributed by atoms with Crippen LogP contribution in [0.5, 0.6) is 5.75 Å². The van der Waals surface area contributed by atoms with Gasteiger partial charge < -0.3 is 14.5 Å². The van der Waals surface area contributed by atoms with Crippen molar-refractivity contribution in [3.8, 4) is 5.75 Å². The number of hydrogen-bond donors (Lipinski definition) is 1. The van der Waals surface area contributed by atoms with Crippen LogP contribution >= 0.6 is 0 Å². The summed E-state index contributed by atoms with van der Waals surface area (Å²) in [7, 11) is 1.65. The molecule has 6 heteroatoms. The lowest BCUT2D eigenvalue weighted by molar-refractivity contribution is 0.179. The van der Waals surface area contributed by atoms with Crippen molar-refractivity contribution in [2.45, 2.75) is 19.9 Å². The number of nitrogens with one attached hydrogen (secondary N) is 1. The molecular formula is C20H26N4O2. The van der Waals surface area contributed by atoms with Crippen molar-refractivity contribution < 1.29 is 9.53 Å². The summed E-state index contributed by atoms with van der Waals surface area (Å²) in [4.78, 5) is 21.4. The molecule has 2 heterocycles. The van der Waals surface area contributed by atoms with Crippen molar-refractivity contribution in [2.24, 2.45) is 0 Å². The maximum atomic E-state index is 12.8. The number of carbonyl (C=O) groups is 1. The highest BCUT2D eigenvalue weighted by molar-refractivity contribution is 5.92. The van der Waals surface area contributed by atoms with Gasteiger partial charge in [0, 0.05) is 24.8 Å². The Morgan fingerprint density at radius 1 is 1.23 bits per heavy atom. The van der Waals surface area contributed by atoms with E-state index in [0.717, 1.165) is 36.5 Å². The van der Waals surface area contributed by atoms with Crippen molar-refractivity contribution in [1.29, 1.82) is 0 Å². The van der Waals surface area contributed by atoms with Crippen molar-refractivity contribution >= 4 is 11.8 Å². The molecule has 0 fully saturated rings. The summed E-state index contributed by atoms with van der Waals surface area (Å²) < 4.78 is 5.39. The summed E-state index contributed by atoms with van der Waals surface area (Å²) in [6, 6.07) is 11.5. The third-order valence-corrected chi connectivity index (χ3v) is 4.89. The van der Waals surface area contributed by atoms with E-state index in [1.165, 1.54) is 0 Å². The van der Waals surface area contributed by atoms with Crippen LogP contribution in [0.1, 0.15) is 31.0 Å². The standard InChI is InChI=1S/C20H26N4O2/c1-4-23(5-2)12-13-24-18(15-8-6-9-16(14-15)26-3)17-10-7-11-21-19(17)22-20(24)25/h6-11,14,18H,4-5,12-13H2,1-3H3,(H,21,22,25). The fourth-order valence-electron chi connectivity index (χ4n) is 3.39. The van der Waals surface area contributed by atoms with Gasteiger partial charge >= 0.3 is 6.03 Å². The first-order valence-corrected chi connectivity index (χ1v) is 9.06. The van der Waals surface area contributed by atoms with E-state index in [9.17, 15) is 4.79 Å². The number of fused-ring (bicyclic) bond motifs is 1. The van der Waals surface area contributed by atoms with Crippen LogP contribution in [0.3, 0.4) is 0 Å². The fraction of sp³-hybridized carbons (Fsp3) is 0.400. The van der Waals surface area contributed by atoms with Gasteiger partial charge in [0.25, 0.3) is 0 Å². The Balaban J connectivity index is 1.99. The van der Waals surface area contributed by atoms with Crippen LogP contribution in [0.2, 0.25) is 0 Å². The molecular weight excluding hydrogens is 328 g/mol. The number of nitrogens with zero attached hydrogens (tertiary/aromatic N) is 3. The van der Waals surface area contributed by atoms with Crippen molar-refractivity contribution in [3.05, 3.63) is 53.7 Å². The summed E-state index contributed by atoms with van der Waals surface area (Å²) in [6.45, 7) is 7.68. The van der Waals surface area contributed by atoms with E-state index in [-0.39, 0.29) is 12.1 Å². The molecule has 0 saturated carbocycles. The Morgan fingerprint density at radius 3 is 2.77 bits per heavy atom. The summed E-state index contributed by atoms with van der Waals surface area (Å²) in [6.07, 6.45) is 1.70. The largest absolute Gasteiger partial charge is 0.497 e. The summed E-state index contributed by atoms with van der Waals surface area (Å²) >= 11 is 0. The number of rotatable bonds is 7. The maximum Gasteiger partial charge on any atom is 0.323 e. The number of likely N-dealkylation sites (N-methyl/N-ethyl adjacent to an activating group) is 1. The quantitative estimate of drug-likeness (QED) is 0.828. The number of pyridine rings is 1. The molecule has 6 nitrogen and oxygen atoms in total. The van der Waals surface area contributed by atoms with Gasteiger partial charge in [0.15, 0.2) is 0 Å². The average Bonchev–Trinajstić information content (AvgIpc) is 2.68. The highest BCUT2D eigenvalue weighted by atomic mass is 16.5. The number of anilines is 1. The second-order valence-electron chi connectivity index (χ2n) is 6.27. The molecule has 1 aliphatic heterocycles. The Kier molecular flexibility index (Phi) is 5.73. The van der Waals surface area contributed by atoms with Gasteiger partial charge in [-0.2, -0.15) is 0 Å². The minimum atomic E-state index is -0.182. The van der Waals surface area contributed by atoms with Gasteiger partial charge in [-0.25, -0.2) is 9.78 Å². The Hall–Kier alpha value is -2.60. The van der Waals surface area contributed by atoms with Gasteiger partial charge in [-0.3, -0.25) is 5.32 Å². The number of benzene rings is 1. The average molecular weight is 354 g/mol. The zero-order valence-electron chi connectivity index (χ0n) is 15.6. The van der Waals surface area contributed by atoms with Crippen LogP contribution in [0.4, 0.5) is 10.6 Å². The third kappa shape index (κ3) is 3.65. The fourth-order valence-corrected chi connectivity index (χ4v) is 3.39. The van der Waals surface area contributed by atoms with E-state index in [0.29, 0.717) is 12.4 Å². The van der Waals surface area contributed by atoms with Crippen molar-refractivity contribution in [1.82, 2.24) is 14.8 Å². The van der Waals surface area contributed by atoms with Crippen LogP contribution in [0.15, 0.2) is 42.6 Å². The molecule has 1 aliphatic rings. The highest BCUT2D eigenvalue weighted by Crippen LogP contribution is 2.37. The van der Waals surface area contributed by atoms with Gasteiger partial charge in [-0.05, 0) is 36.9 Å². The summed E-state index contributed by atoms with van der Waals surface area (Å²) in [5, 5.41) is 2.92. The number of ether oxygens (including phenoxy) is 1. The molecule has 0 spiro atoms. The molecule has 1 atom stereocenters. The molecule has 26 heavy (non-hydrogen) atoms. The number of amides is 2. The topological polar surface area (TPSA) is 57.7 Å². The van der Waals surface area contributed by atoms with E-state index in [2.05, 4.69) is 29.0 Å². The third-order valence-electron chi connectivity index (χ3n) is 4.89. The molecule has 1 unspecified atom stereocenters. The Bertz CT molecular complexity index is 761. The monoisotopic (exact) mass is 354 g/mol. The van der Waals surface area contributed by atoms with Gasteiger partial charge in [0.05, 0.1) is 13.2 Å². The molecule has 1 aromatic heterocycles. The molecule has 0 saturated heterocycles. The van der Waals surface area contributed by atoms with Crippen molar-refractivity contribution in [2.75, 3.05) is 38.6 Å². The first-order chi connectivity index (χ1) is 12.7. The van der Waals surface area contributed by atoms with Crippen LogP contribution in [-0.2, 0) is 0 Å². The Labute approximate surface area is 154 Å². The predicted molar refractivity (Wildman–Crippen MR) is 103 cm³/mol. The molecule has 0 bridgehead atoms. The zero-order chi connectivity index (χ0) is 18.5. The molecule has 3 rings (SSSR count). The van der Waals surface area contributed by atoms with E-state index in [1.807, 2.05) is 41.3 Å². The molecule has 2 aromatic rings. The SMILES string of the molecule is CCN(CC)CCN1C(=O)Nc2ncccc2C1c1cccc(OC)c1. The van der Waals surface area contributed by atoms with Crippen LogP contribution in [-0.4, -0.2) is 54.1 Å². The van der Waals surface area contributed by atoms with Crippen LogP contribution in [0.25, 0.3) is 0 Å². The van der Waals surface area contributed by atoms with E-state index >= 15 is 0 Å². The molecule has 1 aromatic carbocycles. The molecule has 0 aliphatic carbocycles. The van der Waals surface area contributed by atoms with Gasteiger partial charge in [0.1, 0.15) is 11.6 Å². The first kappa shape index (κ1) is 18.2. The normalized spacial score (nSPS) is 16.4. The van der Waals surface area contributed by atoms with E-state index in [4.69, 9.17) is 4.74 Å². The van der Waals surface area contributed by atoms with Crippen LogP contribution < -0.4 is 10.1 Å². The second kappa shape index (κ2) is 8.19. The highest BCUT2D eigenvalue weighted by Gasteiger charge is 2.34. The second-order valence-corrected chi connectivity index (χ2v) is 6.27. The number of methoxy groups -OCH3 is 1. The zero-order valence-corrected chi connectivity index (χ0v) is 15.6. The van der Waals surface area contributed by atoms with E-state index < -0.39 is 0 Å². The van der Waals surface area contributed by atoms with Gasteiger partial charge in [0.2, 0.25) is 0 Å². The number of carbonyl (C=O) groups excluding carboxylic acids is 1. The Morgan fingerprint density at radius 2 is 2.04 bits per heavy atom. The lowest BCUT2D eigenvalue weighted by Crippen LogP contribution is -2.46. The minimum absolute atomic E-state index is 0.115. The number of aromatic nitrogens is 1. The molecule has 1 N–H and O–H groups in total. The van der Waals surface area contributed by atoms with Crippen LogP contribution in [0, 0.1) is 0 Å². The van der Waals surface area contributed by atoms with Crippen molar-refractivity contribution in [3.63, 3.8) is 0 Å². The van der Waals surface area contributed by atoms with E-state index in [1.54, 1.807) is 13.3 Å². The minimum Gasteiger partial charge on any atom is -0.497 e. The lowest BCUT2D eigenvalue weighted by Gasteiger charge is -2.38. The summed E-state index contributed by atoms with van der Waals surface area (Å²) in [5.74, 6) is 1.41. The van der Waals surface area contributed by atoms with Gasteiger partial charge in [-0.15, -0.1) is 0 Å². The summed E-state index contributed by atoms with van der Waals surface area (Å²) in [5.41, 5.74) is 2.02. The lowest BCUT2D eigenvalue weighted by atomic mass is 9.95. The molecule has 2 amide bonds. The first-order valence-electron chi connectivity index (χ1n) is 9.06.